The molecule has 0 bridgehead atoms. The molecule has 1 fully saturated rings. The molecule has 0 spiro atoms. The van der Waals surface area contributed by atoms with Gasteiger partial charge in [0.25, 0.3) is 0 Å². The van der Waals surface area contributed by atoms with Crippen molar-refractivity contribution < 1.29 is 9.59 Å². The maximum Gasteiger partial charge on any atom is 0.240 e. The molecule has 2 aliphatic rings. The van der Waals surface area contributed by atoms with Crippen molar-refractivity contribution in [2.75, 3.05) is 13.1 Å². The summed E-state index contributed by atoms with van der Waals surface area (Å²) in [5.41, 5.74) is 0.896. The number of hydrogen-bond donors (Lipinski definition) is 1. The summed E-state index contributed by atoms with van der Waals surface area (Å²) >= 11 is 0. The minimum absolute atomic E-state index is 0.0502. The monoisotopic (exact) mass is 388 g/mol. The fraction of sp³-hybridized carbons (Fsp3) is 0.773. The van der Waals surface area contributed by atoms with Gasteiger partial charge in [0.2, 0.25) is 11.8 Å². The zero-order chi connectivity index (χ0) is 20.3. The molecule has 3 rings (SSSR count). The van der Waals surface area contributed by atoms with E-state index in [4.69, 9.17) is 4.98 Å². The molecule has 1 aliphatic heterocycles. The van der Waals surface area contributed by atoms with E-state index in [9.17, 15) is 9.59 Å². The van der Waals surface area contributed by atoms with Gasteiger partial charge in [-0.05, 0) is 47.0 Å². The Hall–Kier alpha value is -1.85. The van der Waals surface area contributed by atoms with E-state index in [2.05, 4.69) is 9.88 Å². The van der Waals surface area contributed by atoms with Gasteiger partial charge in [-0.25, -0.2) is 4.98 Å². The van der Waals surface area contributed by atoms with Crippen molar-refractivity contribution >= 4 is 11.8 Å². The second-order valence-corrected chi connectivity index (χ2v) is 9.43. The van der Waals surface area contributed by atoms with Gasteiger partial charge in [-0.15, -0.1) is 0 Å². The molecule has 1 aromatic rings. The van der Waals surface area contributed by atoms with Crippen LogP contribution >= 0.6 is 0 Å². The Morgan fingerprint density at radius 1 is 1.21 bits per heavy atom. The van der Waals surface area contributed by atoms with Crippen molar-refractivity contribution in [2.45, 2.75) is 90.6 Å². The lowest BCUT2D eigenvalue weighted by Crippen LogP contribution is -2.49. The van der Waals surface area contributed by atoms with Crippen molar-refractivity contribution in [3.63, 3.8) is 0 Å². The second-order valence-electron chi connectivity index (χ2n) is 9.43. The molecule has 6 heteroatoms. The molecule has 0 radical (unpaired) electrons. The largest absolute Gasteiger partial charge is 0.350 e. The Bertz CT molecular complexity index is 698. The van der Waals surface area contributed by atoms with Crippen LogP contribution < -0.4 is 5.32 Å². The van der Waals surface area contributed by atoms with Crippen molar-refractivity contribution in [1.82, 2.24) is 19.8 Å². The average molecular weight is 389 g/mol. The first kappa shape index (κ1) is 20.9. The molecule has 2 heterocycles. The molecule has 1 aliphatic carbocycles. The molecule has 1 aromatic heterocycles. The Morgan fingerprint density at radius 3 is 2.57 bits per heavy atom. The van der Waals surface area contributed by atoms with E-state index in [1.165, 1.54) is 43.6 Å². The van der Waals surface area contributed by atoms with Gasteiger partial charge < -0.3 is 14.8 Å². The molecular formula is C22H36N4O2. The van der Waals surface area contributed by atoms with Crippen LogP contribution in [0.1, 0.15) is 83.7 Å². The maximum atomic E-state index is 13.1. The molecule has 2 amide bonds. The van der Waals surface area contributed by atoms with Gasteiger partial charge in [-0.2, -0.15) is 0 Å². The van der Waals surface area contributed by atoms with E-state index in [1.54, 1.807) is 4.90 Å². The molecule has 0 aromatic carbocycles. The van der Waals surface area contributed by atoms with Gasteiger partial charge in [0.1, 0.15) is 5.82 Å². The summed E-state index contributed by atoms with van der Waals surface area (Å²) in [6.45, 7) is 9.36. The summed E-state index contributed by atoms with van der Waals surface area (Å²) in [6, 6.07) is 0. The lowest BCUT2D eigenvalue weighted by atomic mass is 9.88. The average Bonchev–Trinajstić information content (AvgIpc) is 3.08. The predicted molar refractivity (Wildman–Crippen MR) is 110 cm³/mol. The number of nitrogens with zero attached hydrogens (tertiary/aromatic N) is 3. The first-order valence-corrected chi connectivity index (χ1v) is 10.9. The number of fused-ring (bicyclic) bond motifs is 1. The van der Waals surface area contributed by atoms with Crippen LogP contribution in [0.25, 0.3) is 0 Å². The summed E-state index contributed by atoms with van der Waals surface area (Å²) in [6.07, 6.45) is 9.97. The molecule has 28 heavy (non-hydrogen) atoms. The molecule has 156 valence electrons. The van der Waals surface area contributed by atoms with E-state index < -0.39 is 0 Å². The highest BCUT2D eigenvalue weighted by Crippen LogP contribution is 2.34. The van der Waals surface area contributed by atoms with Gasteiger partial charge in [0, 0.05) is 48.8 Å². The van der Waals surface area contributed by atoms with Gasteiger partial charge >= 0.3 is 0 Å². The number of carbonyl (C=O) groups is 2. The summed E-state index contributed by atoms with van der Waals surface area (Å²) in [7, 11) is 0. The van der Waals surface area contributed by atoms with Gasteiger partial charge in [0.15, 0.2) is 0 Å². The van der Waals surface area contributed by atoms with Crippen LogP contribution in [-0.2, 0) is 22.6 Å². The molecule has 6 nitrogen and oxygen atoms in total. The minimum Gasteiger partial charge on any atom is -0.350 e. The summed E-state index contributed by atoms with van der Waals surface area (Å²) in [5, 5.41) is 2.95. The number of carbonyl (C=O) groups excluding carboxylic acids is 2. The van der Waals surface area contributed by atoms with E-state index >= 15 is 0 Å². The topological polar surface area (TPSA) is 67.2 Å². The number of rotatable bonds is 5. The number of amides is 2. The van der Waals surface area contributed by atoms with E-state index in [-0.39, 0.29) is 29.8 Å². The highest BCUT2D eigenvalue weighted by atomic mass is 16.2. The number of imidazole rings is 1. The highest BCUT2D eigenvalue weighted by molar-refractivity contribution is 5.86. The van der Waals surface area contributed by atoms with Crippen molar-refractivity contribution in [3.8, 4) is 0 Å². The van der Waals surface area contributed by atoms with E-state index in [0.717, 1.165) is 19.4 Å². The molecule has 1 atom stereocenters. The number of likely N-dealkylation sites (N-methyl/N-ethyl adjacent to an activating group) is 1. The Balaban J connectivity index is 1.63. The second kappa shape index (κ2) is 8.66. The van der Waals surface area contributed by atoms with Crippen LogP contribution in [0.15, 0.2) is 6.20 Å². The normalized spacial score (nSPS) is 20.5. The molecule has 1 N–H and O–H groups in total. The van der Waals surface area contributed by atoms with Crippen LogP contribution in [-0.4, -0.2) is 44.9 Å². The number of hydrogen-bond acceptors (Lipinski definition) is 3. The predicted octanol–water partition coefficient (Wildman–Crippen LogP) is 3.26. The molecule has 0 saturated heterocycles. The van der Waals surface area contributed by atoms with Gasteiger partial charge in [-0.3, -0.25) is 9.59 Å². The van der Waals surface area contributed by atoms with Crippen LogP contribution in [0.2, 0.25) is 0 Å². The zero-order valence-electron chi connectivity index (χ0n) is 18.0. The van der Waals surface area contributed by atoms with E-state index in [1.807, 2.05) is 33.9 Å². The smallest absolute Gasteiger partial charge is 0.240 e. The number of nitrogens with one attached hydrogen (secondary N) is 1. The minimum atomic E-state index is -0.285. The van der Waals surface area contributed by atoms with Crippen LogP contribution in [0, 0.1) is 5.92 Å². The highest BCUT2D eigenvalue weighted by Gasteiger charge is 2.32. The third-order valence-electron chi connectivity index (χ3n) is 5.99. The Kier molecular flexibility index (Phi) is 6.46. The maximum absolute atomic E-state index is 13.1. The summed E-state index contributed by atoms with van der Waals surface area (Å²) in [5.74, 6) is 1.77. The zero-order valence-corrected chi connectivity index (χ0v) is 18.0. The fourth-order valence-electron chi connectivity index (χ4n) is 4.62. The summed E-state index contributed by atoms with van der Waals surface area (Å²) < 4.78 is 2.36. The first-order chi connectivity index (χ1) is 13.3. The van der Waals surface area contributed by atoms with Crippen LogP contribution in [0.3, 0.4) is 0 Å². The Labute approximate surface area is 169 Å². The molecule has 1 unspecified atom stereocenters. The van der Waals surface area contributed by atoms with Crippen molar-refractivity contribution in [3.05, 3.63) is 17.7 Å². The third-order valence-corrected chi connectivity index (χ3v) is 5.99. The lowest BCUT2D eigenvalue weighted by Gasteiger charge is -2.31. The third kappa shape index (κ3) is 4.95. The quantitative estimate of drug-likeness (QED) is 0.842. The van der Waals surface area contributed by atoms with Crippen molar-refractivity contribution in [2.24, 2.45) is 5.92 Å². The summed E-state index contributed by atoms with van der Waals surface area (Å²) in [4.78, 5) is 31.8. The lowest BCUT2D eigenvalue weighted by molar-refractivity contribution is -0.140. The molecular weight excluding hydrogens is 352 g/mol. The van der Waals surface area contributed by atoms with E-state index in [0.29, 0.717) is 12.5 Å². The van der Waals surface area contributed by atoms with Crippen molar-refractivity contribution in [1.29, 1.82) is 0 Å². The van der Waals surface area contributed by atoms with Gasteiger partial charge in [-0.1, -0.05) is 19.3 Å². The number of aromatic nitrogens is 2. The standard InChI is InChI=1S/C22H36N4O2/c1-5-25(15-19(27)24-22(2,3)4)21(28)17-11-12-26-18(13-17)14-23-20(26)16-9-7-6-8-10-16/h14,16-17H,5-13,15H2,1-4H3,(H,24,27). The molecule has 1 saturated carbocycles. The SMILES string of the molecule is CCN(CC(=O)NC(C)(C)C)C(=O)C1CCn2c(cnc2C2CCCCC2)C1. The van der Waals surface area contributed by atoms with Gasteiger partial charge in [0.05, 0.1) is 6.54 Å². The first-order valence-electron chi connectivity index (χ1n) is 10.9. The fourth-order valence-corrected chi connectivity index (χ4v) is 4.62. The van der Waals surface area contributed by atoms with Crippen LogP contribution in [0.4, 0.5) is 0 Å². The van der Waals surface area contributed by atoms with Crippen LogP contribution in [0.5, 0.6) is 0 Å². The Morgan fingerprint density at radius 2 is 1.93 bits per heavy atom.